The Morgan fingerprint density at radius 1 is 1.04 bits per heavy atom. The maximum Gasteiger partial charge on any atom is 0.267 e. The van der Waals surface area contributed by atoms with Gasteiger partial charge in [-0.3, -0.25) is 4.79 Å². The van der Waals surface area contributed by atoms with E-state index in [1.165, 1.54) is 12.1 Å². The molecule has 2 N–H and O–H groups in total. The van der Waals surface area contributed by atoms with E-state index in [-0.39, 0.29) is 11.5 Å². The summed E-state index contributed by atoms with van der Waals surface area (Å²) >= 11 is 0. The fraction of sp³-hybridized carbons (Fsp3) is 0.0476. The zero-order valence-electron chi connectivity index (χ0n) is 13.9. The molecule has 0 aliphatic rings. The largest absolute Gasteiger partial charge is 0.364 e. The van der Waals surface area contributed by atoms with E-state index >= 15 is 0 Å². The van der Waals surface area contributed by atoms with Crippen molar-refractivity contribution in [1.82, 2.24) is 9.55 Å². The molecular formula is C21H16FN3O. The molecule has 0 fully saturated rings. The number of carbonyl (C=O) groups excluding carboxylic acids is 1. The molecule has 0 aliphatic heterocycles. The van der Waals surface area contributed by atoms with Gasteiger partial charge in [0.2, 0.25) is 0 Å². The Morgan fingerprint density at radius 2 is 1.85 bits per heavy atom. The van der Waals surface area contributed by atoms with Crippen molar-refractivity contribution < 1.29 is 9.18 Å². The summed E-state index contributed by atoms with van der Waals surface area (Å²) in [7, 11) is 0. The number of aromatic nitrogens is 2. The zero-order chi connectivity index (χ0) is 18.1. The second-order valence-corrected chi connectivity index (χ2v) is 6.12. The van der Waals surface area contributed by atoms with Crippen LogP contribution in [0.5, 0.6) is 0 Å². The van der Waals surface area contributed by atoms with E-state index < -0.39 is 5.91 Å². The Labute approximate surface area is 149 Å². The van der Waals surface area contributed by atoms with Crippen molar-refractivity contribution in [1.29, 1.82) is 0 Å². The van der Waals surface area contributed by atoms with E-state index in [0.29, 0.717) is 12.2 Å². The number of fused-ring (bicyclic) bond motifs is 1. The summed E-state index contributed by atoms with van der Waals surface area (Å²) in [6.45, 7) is 0.665. The van der Waals surface area contributed by atoms with Gasteiger partial charge in [0.15, 0.2) is 0 Å². The van der Waals surface area contributed by atoms with Gasteiger partial charge >= 0.3 is 0 Å². The molecule has 1 amide bonds. The first-order chi connectivity index (χ1) is 12.6. The standard InChI is InChI=1S/C21H16FN3O/c22-17-7-4-14(5-8-17)13-25-11-10-16-12-15(6-9-20(16)25)18-2-1-3-19(24-18)21(23)26/h1-12H,13H2,(H2,23,26). The number of nitrogens with zero attached hydrogens (tertiary/aromatic N) is 2. The Morgan fingerprint density at radius 3 is 2.62 bits per heavy atom. The van der Waals surface area contributed by atoms with Crippen molar-refractivity contribution in [2.24, 2.45) is 5.73 Å². The molecule has 4 aromatic rings. The quantitative estimate of drug-likeness (QED) is 0.608. The highest BCUT2D eigenvalue weighted by Gasteiger charge is 2.08. The van der Waals surface area contributed by atoms with Crippen LogP contribution in [-0.2, 0) is 6.54 Å². The monoisotopic (exact) mass is 345 g/mol. The van der Waals surface area contributed by atoms with Crippen LogP contribution >= 0.6 is 0 Å². The van der Waals surface area contributed by atoms with Gasteiger partial charge in [-0.2, -0.15) is 0 Å². The maximum absolute atomic E-state index is 13.1. The van der Waals surface area contributed by atoms with E-state index in [0.717, 1.165) is 22.0 Å². The fourth-order valence-electron chi connectivity index (χ4n) is 3.02. The molecule has 0 spiro atoms. The van der Waals surface area contributed by atoms with Crippen molar-refractivity contribution in [2.45, 2.75) is 6.54 Å². The summed E-state index contributed by atoms with van der Waals surface area (Å²) in [5.41, 5.74) is 9.28. The average Bonchev–Trinajstić information content (AvgIpc) is 3.06. The lowest BCUT2D eigenvalue weighted by Crippen LogP contribution is -2.12. The van der Waals surface area contributed by atoms with E-state index in [2.05, 4.69) is 9.55 Å². The van der Waals surface area contributed by atoms with Crippen LogP contribution in [0.15, 0.2) is 72.9 Å². The Hall–Kier alpha value is -3.47. The third kappa shape index (κ3) is 3.07. The number of hydrogen-bond donors (Lipinski definition) is 1. The number of amides is 1. The van der Waals surface area contributed by atoms with Gasteiger partial charge in [-0.1, -0.05) is 24.3 Å². The summed E-state index contributed by atoms with van der Waals surface area (Å²) in [4.78, 5) is 15.6. The number of hydrogen-bond acceptors (Lipinski definition) is 2. The molecule has 26 heavy (non-hydrogen) atoms. The Kier molecular flexibility index (Phi) is 3.97. The van der Waals surface area contributed by atoms with Crippen LogP contribution in [0.2, 0.25) is 0 Å². The summed E-state index contributed by atoms with van der Waals surface area (Å²) in [6, 6.07) is 19.8. The molecule has 0 atom stereocenters. The van der Waals surface area contributed by atoms with Gasteiger partial charge < -0.3 is 10.3 Å². The van der Waals surface area contributed by atoms with Crippen LogP contribution in [0.4, 0.5) is 4.39 Å². The van der Waals surface area contributed by atoms with Crippen molar-refractivity contribution in [3.8, 4) is 11.3 Å². The first-order valence-corrected chi connectivity index (χ1v) is 8.21. The molecule has 0 radical (unpaired) electrons. The first-order valence-electron chi connectivity index (χ1n) is 8.21. The third-order valence-corrected chi connectivity index (χ3v) is 4.33. The van der Waals surface area contributed by atoms with Crippen LogP contribution in [-0.4, -0.2) is 15.5 Å². The average molecular weight is 345 g/mol. The highest BCUT2D eigenvalue weighted by molar-refractivity contribution is 5.91. The Balaban J connectivity index is 1.68. The second kappa shape index (κ2) is 6.44. The topological polar surface area (TPSA) is 60.9 Å². The van der Waals surface area contributed by atoms with Crippen molar-refractivity contribution in [2.75, 3.05) is 0 Å². The molecule has 0 unspecified atom stereocenters. The van der Waals surface area contributed by atoms with Gasteiger partial charge in [0.25, 0.3) is 5.91 Å². The number of nitrogens with two attached hydrogens (primary N) is 1. The molecule has 128 valence electrons. The van der Waals surface area contributed by atoms with Gasteiger partial charge in [-0.15, -0.1) is 0 Å². The molecule has 2 heterocycles. The number of carbonyl (C=O) groups is 1. The van der Waals surface area contributed by atoms with Gasteiger partial charge in [0.05, 0.1) is 5.69 Å². The van der Waals surface area contributed by atoms with E-state index in [1.54, 1.807) is 24.3 Å². The van der Waals surface area contributed by atoms with Crippen LogP contribution in [0, 0.1) is 5.82 Å². The lowest BCUT2D eigenvalue weighted by atomic mass is 10.1. The minimum atomic E-state index is -0.543. The second-order valence-electron chi connectivity index (χ2n) is 6.12. The molecule has 2 aromatic heterocycles. The molecule has 0 saturated carbocycles. The predicted molar refractivity (Wildman–Crippen MR) is 99.2 cm³/mol. The fourth-order valence-corrected chi connectivity index (χ4v) is 3.02. The van der Waals surface area contributed by atoms with Crippen LogP contribution < -0.4 is 5.73 Å². The third-order valence-electron chi connectivity index (χ3n) is 4.33. The number of benzene rings is 2. The van der Waals surface area contributed by atoms with Crippen molar-refractivity contribution >= 4 is 16.8 Å². The molecule has 0 saturated heterocycles. The predicted octanol–water partition coefficient (Wildman–Crippen LogP) is 3.99. The molecule has 5 heteroatoms. The number of primary amides is 1. The van der Waals surface area contributed by atoms with Crippen molar-refractivity contribution in [3.05, 3.63) is 90.0 Å². The maximum atomic E-state index is 13.1. The van der Waals surface area contributed by atoms with E-state index in [4.69, 9.17) is 5.73 Å². The SMILES string of the molecule is NC(=O)c1cccc(-c2ccc3c(ccn3Cc3ccc(F)cc3)c2)n1. The van der Waals surface area contributed by atoms with E-state index in [1.807, 2.05) is 36.5 Å². The van der Waals surface area contributed by atoms with Crippen LogP contribution in [0.3, 0.4) is 0 Å². The lowest BCUT2D eigenvalue weighted by Gasteiger charge is -2.07. The molecule has 4 rings (SSSR count). The number of halogens is 1. The summed E-state index contributed by atoms with van der Waals surface area (Å²) in [6.07, 6.45) is 2.01. The highest BCUT2D eigenvalue weighted by Crippen LogP contribution is 2.25. The summed E-state index contributed by atoms with van der Waals surface area (Å²) < 4.78 is 15.2. The zero-order valence-corrected chi connectivity index (χ0v) is 13.9. The first kappa shape index (κ1) is 16.0. The lowest BCUT2D eigenvalue weighted by molar-refractivity contribution is 0.0995. The Bertz CT molecular complexity index is 1100. The molecule has 0 aliphatic carbocycles. The number of pyridine rings is 1. The minimum absolute atomic E-state index is 0.235. The van der Waals surface area contributed by atoms with Gasteiger partial charge in [-0.05, 0) is 48.0 Å². The molecule has 4 nitrogen and oxygen atoms in total. The van der Waals surface area contributed by atoms with Crippen LogP contribution in [0.1, 0.15) is 16.1 Å². The molecule has 2 aromatic carbocycles. The summed E-state index contributed by atoms with van der Waals surface area (Å²) in [5.74, 6) is -0.778. The van der Waals surface area contributed by atoms with Crippen LogP contribution in [0.25, 0.3) is 22.2 Å². The normalized spacial score (nSPS) is 11.0. The van der Waals surface area contributed by atoms with E-state index in [9.17, 15) is 9.18 Å². The molecular weight excluding hydrogens is 329 g/mol. The smallest absolute Gasteiger partial charge is 0.267 e. The van der Waals surface area contributed by atoms with Gasteiger partial charge in [0.1, 0.15) is 11.5 Å². The minimum Gasteiger partial charge on any atom is -0.364 e. The van der Waals surface area contributed by atoms with Crippen molar-refractivity contribution in [3.63, 3.8) is 0 Å². The van der Waals surface area contributed by atoms with Gasteiger partial charge in [0, 0.05) is 29.2 Å². The van der Waals surface area contributed by atoms with Gasteiger partial charge in [-0.25, -0.2) is 9.37 Å². The number of rotatable bonds is 4. The highest BCUT2D eigenvalue weighted by atomic mass is 19.1. The summed E-state index contributed by atoms with van der Waals surface area (Å²) in [5, 5.41) is 1.07. The molecule has 0 bridgehead atoms.